The summed E-state index contributed by atoms with van der Waals surface area (Å²) in [4.78, 5) is 16.7. The van der Waals surface area contributed by atoms with Crippen molar-refractivity contribution in [1.29, 1.82) is 0 Å². The number of aliphatic hydroxyl groups excluding tert-OH is 1. The van der Waals surface area contributed by atoms with Crippen LogP contribution in [0, 0.1) is 6.92 Å². The van der Waals surface area contributed by atoms with E-state index < -0.39 is 12.0 Å². The van der Waals surface area contributed by atoms with Gasteiger partial charge in [0.25, 0.3) is 5.91 Å². The summed E-state index contributed by atoms with van der Waals surface area (Å²) < 4.78 is 0. The summed E-state index contributed by atoms with van der Waals surface area (Å²) >= 11 is 7.15. The smallest absolute Gasteiger partial charge is 0.286 e. The third kappa shape index (κ3) is 3.46. The summed E-state index contributed by atoms with van der Waals surface area (Å²) in [5.41, 5.74) is 3.07. The van der Waals surface area contributed by atoms with Crippen LogP contribution in [-0.2, 0) is 4.84 Å². The molecule has 1 atom stereocenters. The number of carbonyl (C=O) groups excluding carboxylic acids is 1. The Kier molecular flexibility index (Phi) is 4.53. The summed E-state index contributed by atoms with van der Waals surface area (Å²) in [7, 11) is 0. The number of carbonyl (C=O) groups is 1. The Balaban J connectivity index is 2.51. The standard InChI is InChI=1S/C9H12ClNO3S/c1-5-4-15-8(7(5)10)9(13)11-14-3-6(2)12/h4,6,12H,3H2,1-2H3,(H,11,13)/t6-/m1/s1. The van der Waals surface area contributed by atoms with Crippen molar-refractivity contribution >= 4 is 28.8 Å². The van der Waals surface area contributed by atoms with E-state index in [-0.39, 0.29) is 6.61 Å². The summed E-state index contributed by atoms with van der Waals surface area (Å²) in [5, 5.41) is 11.1. The lowest BCUT2D eigenvalue weighted by Crippen LogP contribution is -2.26. The minimum Gasteiger partial charge on any atom is -0.391 e. The van der Waals surface area contributed by atoms with Gasteiger partial charge in [-0.1, -0.05) is 11.6 Å². The van der Waals surface area contributed by atoms with E-state index in [0.717, 1.165) is 5.56 Å². The van der Waals surface area contributed by atoms with Crippen molar-refractivity contribution in [2.75, 3.05) is 6.61 Å². The van der Waals surface area contributed by atoms with Gasteiger partial charge in [0.15, 0.2) is 0 Å². The Morgan fingerprint density at radius 2 is 2.47 bits per heavy atom. The van der Waals surface area contributed by atoms with Gasteiger partial charge in [-0.25, -0.2) is 5.48 Å². The van der Waals surface area contributed by atoms with Crippen LogP contribution >= 0.6 is 22.9 Å². The van der Waals surface area contributed by atoms with E-state index in [2.05, 4.69) is 5.48 Å². The van der Waals surface area contributed by atoms with Crippen LogP contribution in [-0.4, -0.2) is 23.7 Å². The largest absolute Gasteiger partial charge is 0.391 e. The minimum absolute atomic E-state index is 0.0493. The number of rotatable bonds is 4. The van der Waals surface area contributed by atoms with E-state index >= 15 is 0 Å². The molecule has 0 saturated carbocycles. The maximum atomic E-state index is 11.5. The molecule has 1 rings (SSSR count). The van der Waals surface area contributed by atoms with Crippen LogP contribution in [0.3, 0.4) is 0 Å². The van der Waals surface area contributed by atoms with E-state index in [1.165, 1.54) is 11.3 Å². The number of hydroxylamine groups is 1. The van der Waals surface area contributed by atoms with E-state index in [9.17, 15) is 4.79 Å². The first-order valence-corrected chi connectivity index (χ1v) is 5.62. The van der Waals surface area contributed by atoms with Gasteiger partial charge < -0.3 is 5.11 Å². The van der Waals surface area contributed by atoms with Crippen LogP contribution in [0.15, 0.2) is 5.38 Å². The molecule has 0 unspecified atom stereocenters. The van der Waals surface area contributed by atoms with Gasteiger partial charge in [0.2, 0.25) is 0 Å². The second-order valence-electron chi connectivity index (χ2n) is 3.15. The van der Waals surface area contributed by atoms with Crippen molar-refractivity contribution in [3.8, 4) is 0 Å². The fraction of sp³-hybridized carbons (Fsp3) is 0.444. The maximum absolute atomic E-state index is 11.5. The quantitative estimate of drug-likeness (QED) is 0.800. The molecule has 0 aromatic carbocycles. The van der Waals surface area contributed by atoms with Crippen molar-refractivity contribution in [1.82, 2.24) is 5.48 Å². The molecule has 4 nitrogen and oxygen atoms in total. The van der Waals surface area contributed by atoms with Gasteiger partial charge in [-0.05, 0) is 24.8 Å². The monoisotopic (exact) mass is 249 g/mol. The topological polar surface area (TPSA) is 58.6 Å². The number of thiophene rings is 1. The normalized spacial score (nSPS) is 12.5. The lowest BCUT2D eigenvalue weighted by atomic mass is 10.3. The first-order chi connectivity index (χ1) is 7.02. The third-order valence-electron chi connectivity index (χ3n) is 1.59. The summed E-state index contributed by atoms with van der Waals surface area (Å²) in [6.45, 7) is 3.44. The molecule has 2 N–H and O–H groups in total. The van der Waals surface area contributed by atoms with Gasteiger partial charge in [0.05, 0.1) is 11.1 Å². The molecule has 1 aromatic rings. The Hall–Kier alpha value is -0.620. The second-order valence-corrected chi connectivity index (χ2v) is 4.41. The number of hydrogen-bond acceptors (Lipinski definition) is 4. The highest BCUT2D eigenvalue weighted by atomic mass is 35.5. The summed E-state index contributed by atoms with van der Waals surface area (Å²) in [6.07, 6.45) is -0.620. The number of aliphatic hydroxyl groups is 1. The highest BCUT2D eigenvalue weighted by Crippen LogP contribution is 2.26. The van der Waals surface area contributed by atoms with Crippen LogP contribution in [0.2, 0.25) is 5.02 Å². The van der Waals surface area contributed by atoms with Crippen LogP contribution in [0.25, 0.3) is 0 Å². The van der Waals surface area contributed by atoms with E-state index in [1.54, 1.807) is 12.3 Å². The number of aryl methyl sites for hydroxylation is 1. The van der Waals surface area contributed by atoms with E-state index in [4.69, 9.17) is 21.5 Å². The van der Waals surface area contributed by atoms with Crippen LogP contribution < -0.4 is 5.48 Å². The van der Waals surface area contributed by atoms with Gasteiger partial charge in [0, 0.05) is 0 Å². The van der Waals surface area contributed by atoms with Crippen LogP contribution in [0.5, 0.6) is 0 Å². The van der Waals surface area contributed by atoms with Gasteiger partial charge in [-0.2, -0.15) is 0 Å². The zero-order chi connectivity index (χ0) is 11.4. The average Bonchev–Trinajstić information content (AvgIpc) is 2.47. The Morgan fingerprint density at radius 3 is 2.93 bits per heavy atom. The maximum Gasteiger partial charge on any atom is 0.286 e. The van der Waals surface area contributed by atoms with Gasteiger partial charge in [0.1, 0.15) is 11.5 Å². The second kappa shape index (κ2) is 5.46. The van der Waals surface area contributed by atoms with Crippen molar-refractivity contribution in [2.45, 2.75) is 20.0 Å². The molecule has 0 radical (unpaired) electrons. The van der Waals surface area contributed by atoms with Crippen molar-refractivity contribution in [3.63, 3.8) is 0 Å². The van der Waals surface area contributed by atoms with Crippen LogP contribution in [0.1, 0.15) is 22.2 Å². The number of hydrogen-bond donors (Lipinski definition) is 2. The molecule has 1 aromatic heterocycles. The van der Waals surface area contributed by atoms with Crippen molar-refractivity contribution < 1.29 is 14.7 Å². The molecule has 1 amide bonds. The number of amides is 1. The first-order valence-electron chi connectivity index (χ1n) is 4.36. The fourth-order valence-corrected chi connectivity index (χ4v) is 2.02. The molecule has 6 heteroatoms. The lowest BCUT2D eigenvalue weighted by Gasteiger charge is -2.06. The van der Waals surface area contributed by atoms with Gasteiger partial charge in [-0.15, -0.1) is 11.3 Å². The number of halogens is 1. The molecule has 0 aliphatic rings. The molecule has 0 spiro atoms. The number of nitrogens with one attached hydrogen (secondary N) is 1. The first kappa shape index (κ1) is 12.4. The van der Waals surface area contributed by atoms with Gasteiger partial charge >= 0.3 is 0 Å². The highest BCUT2D eigenvalue weighted by molar-refractivity contribution is 7.13. The molecule has 0 fully saturated rings. The zero-order valence-corrected chi connectivity index (χ0v) is 9.98. The molecule has 1 heterocycles. The van der Waals surface area contributed by atoms with Crippen molar-refractivity contribution in [3.05, 3.63) is 20.8 Å². The zero-order valence-electron chi connectivity index (χ0n) is 8.41. The SMILES string of the molecule is Cc1csc(C(=O)NOC[C@@H](C)O)c1Cl. The predicted octanol–water partition coefficient (Wildman–Crippen LogP) is 1.75. The highest BCUT2D eigenvalue weighted by Gasteiger charge is 2.14. The Morgan fingerprint density at radius 1 is 1.80 bits per heavy atom. The molecular weight excluding hydrogens is 238 g/mol. The molecule has 0 aliphatic heterocycles. The van der Waals surface area contributed by atoms with E-state index in [1.807, 2.05) is 6.92 Å². The Bertz CT molecular complexity index is 351. The van der Waals surface area contributed by atoms with Gasteiger partial charge in [-0.3, -0.25) is 9.63 Å². The molecule has 0 saturated heterocycles. The molecule has 84 valence electrons. The average molecular weight is 250 g/mol. The molecule has 0 bridgehead atoms. The molecular formula is C9H12ClNO3S. The Labute approximate surface area is 96.8 Å². The molecule has 0 aliphatic carbocycles. The molecule has 15 heavy (non-hydrogen) atoms. The lowest BCUT2D eigenvalue weighted by molar-refractivity contribution is -0.00664. The van der Waals surface area contributed by atoms with E-state index in [0.29, 0.717) is 9.90 Å². The predicted molar refractivity (Wildman–Crippen MR) is 59.2 cm³/mol. The summed E-state index contributed by atoms with van der Waals surface area (Å²) in [6, 6.07) is 0. The van der Waals surface area contributed by atoms with Crippen molar-refractivity contribution in [2.24, 2.45) is 0 Å². The summed E-state index contributed by atoms with van der Waals surface area (Å²) in [5.74, 6) is -0.390. The fourth-order valence-electron chi connectivity index (χ4n) is 0.857. The van der Waals surface area contributed by atoms with Crippen LogP contribution in [0.4, 0.5) is 0 Å². The minimum atomic E-state index is -0.620. The third-order valence-corrected chi connectivity index (χ3v) is 3.29.